The average Bonchev–Trinajstić information content (AvgIpc) is 3.34. The molecule has 6 nitrogen and oxygen atoms in total. The number of likely N-dealkylation sites (tertiary alicyclic amines) is 1. The van der Waals surface area contributed by atoms with Gasteiger partial charge in [0.15, 0.2) is 0 Å². The van der Waals surface area contributed by atoms with Crippen LogP contribution in [0.15, 0.2) is 115 Å². The fourth-order valence-electron chi connectivity index (χ4n) is 7.41. The van der Waals surface area contributed by atoms with Gasteiger partial charge >= 0.3 is 0 Å². The van der Waals surface area contributed by atoms with E-state index < -0.39 is 45.3 Å². The highest BCUT2D eigenvalue weighted by molar-refractivity contribution is 6.36. The predicted molar refractivity (Wildman–Crippen MR) is 174 cm³/mol. The van der Waals surface area contributed by atoms with Crippen molar-refractivity contribution in [2.24, 2.45) is 11.8 Å². The number of fused-ring (bicyclic) bond motifs is 1. The Hall–Kier alpha value is -4.65. The van der Waals surface area contributed by atoms with Crippen LogP contribution >= 0.6 is 23.2 Å². The molecule has 1 fully saturated rings. The maximum Gasteiger partial charge on any atom is 0.247 e. The van der Waals surface area contributed by atoms with Crippen molar-refractivity contribution >= 4 is 57.4 Å². The topological polar surface area (TPSA) is 75.7 Å². The van der Waals surface area contributed by atoms with Gasteiger partial charge in [-0.1, -0.05) is 78.9 Å². The molecular weight excluding hydrogens is 607 g/mol. The zero-order valence-electron chi connectivity index (χ0n) is 24.0. The van der Waals surface area contributed by atoms with E-state index in [4.69, 9.17) is 27.9 Å². The summed E-state index contributed by atoms with van der Waals surface area (Å²) in [5.74, 6) is -2.15. The van der Waals surface area contributed by atoms with Crippen LogP contribution in [0.2, 0.25) is 0 Å². The molecule has 2 bridgehead atoms. The van der Waals surface area contributed by atoms with Crippen molar-refractivity contribution in [3.63, 3.8) is 0 Å². The van der Waals surface area contributed by atoms with Crippen molar-refractivity contribution in [2.45, 2.75) is 22.7 Å². The lowest BCUT2D eigenvalue weighted by Crippen LogP contribution is -2.57. The zero-order valence-corrected chi connectivity index (χ0v) is 25.5. The van der Waals surface area contributed by atoms with Crippen LogP contribution < -0.4 is 10.1 Å². The van der Waals surface area contributed by atoms with Crippen molar-refractivity contribution in [2.75, 3.05) is 5.32 Å². The lowest BCUT2D eigenvalue weighted by Gasteiger charge is -2.54. The molecular formula is C37H26Cl2N2O4. The molecule has 1 N–H and O–H groups in total. The van der Waals surface area contributed by atoms with Gasteiger partial charge in [0, 0.05) is 5.69 Å². The highest BCUT2D eigenvalue weighted by Gasteiger charge is 2.73. The number of nitrogens with one attached hydrogen (secondary N) is 1. The van der Waals surface area contributed by atoms with Crippen LogP contribution in [0.3, 0.4) is 0 Å². The number of alkyl halides is 2. The molecule has 45 heavy (non-hydrogen) atoms. The van der Waals surface area contributed by atoms with E-state index in [2.05, 4.69) is 5.32 Å². The van der Waals surface area contributed by atoms with Crippen LogP contribution in [0.5, 0.6) is 11.5 Å². The van der Waals surface area contributed by atoms with Gasteiger partial charge in [-0.05, 0) is 76.3 Å². The molecule has 1 saturated heterocycles. The van der Waals surface area contributed by atoms with Crippen molar-refractivity contribution in [1.29, 1.82) is 0 Å². The van der Waals surface area contributed by atoms with E-state index in [1.807, 2.05) is 91.0 Å². The highest BCUT2D eigenvalue weighted by atomic mass is 35.5. The molecule has 4 aliphatic rings. The van der Waals surface area contributed by atoms with Crippen LogP contribution in [0.1, 0.15) is 29.2 Å². The number of benzene rings is 5. The highest BCUT2D eigenvalue weighted by Crippen LogP contribution is 2.69. The van der Waals surface area contributed by atoms with E-state index >= 15 is 0 Å². The van der Waals surface area contributed by atoms with Gasteiger partial charge in [-0.3, -0.25) is 19.3 Å². The van der Waals surface area contributed by atoms with Gasteiger partial charge in [-0.15, -0.1) is 23.2 Å². The maximum atomic E-state index is 14.2. The molecule has 3 aliphatic carbocycles. The number of carbonyl (C=O) groups is 3. The van der Waals surface area contributed by atoms with E-state index in [1.54, 1.807) is 31.2 Å². The summed E-state index contributed by atoms with van der Waals surface area (Å²) in [6.07, 6.45) is 0. The summed E-state index contributed by atoms with van der Waals surface area (Å²) in [5, 5.41) is 5.03. The lowest BCUT2D eigenvalue weighted by molar-refractivity contribution is -0.146. The third-order valence-electron chi connectivity index (χ3n) is 9.46. The van der Waals surface area contributed by atoms with Crippen molar-refractivity contribution in [3.8, 4) is 11.5 Å². The zero-order chi connectivity index (χ0) is 31.1. The molecule has 0 spiro atoms. The molecule has 0 unspecified atom stereocenters. The standard InChI is InChI=1S/C37H26Cl2N2O4/c1-21(33(42)40-24-15-18-25(19-16-24)45-26-17-14-22-8-2-3-9-23(22)20-26)41-34(43)31-32(35(41)44)37(39)28-11-5-4-10-27(28)36(31,38)29-12-6-7-13-30(29)37/h2-21,31-32H,1H3,(H,40,42)/t21-,31-,32+,36?,37?/m0/s1. The molecule has 5 aromatic carbocycles. The maximum absolute atomic E-state index is 14.2. The third kappa shape index (κ3) is 3.85. The first-order valence-electron chi connectivity index (χ1n) is 14.7. The summed E-state index contributed by atoms with van der Waals surface area (Å²) < 4.78 is 6.02. The number of halogens is 2. The van der Waals surface area contributed by atoms with E-state index in [0.717, 1.165) is 15.7 Å². The molecule has 3 atom stereocenters. The van der Waals surface area contributed by atoms with E-state index in [9.17, 15) is 14.4 Å². The first-order chi connectivity index (χ1) is 21.7. The van der Waals surface area contributed by atoms with Gasteiger partial charge in [0.1, 0.15) is 27.3 Å². The van der Waals surface area contributed by atoms with Gasteiger partial charge in [0.2, 0.25) is 17.7 Å². The summed E-state index contributed by atoms with van der Waals surface area (Å²) in [6.45, 7) is 1.55. The van der Waals surface area contributed by atoms with Gasteiger partial charge in [-0.25, -0.2) is 0 Å². The molecule has 5 aromatic rings. The summed E-state index contributed by atoms with van der Waals surface area (Å²) in [6, 6.07) is 34.6. The first kappa shape index (κ1) is 27.9. The number of carbonyl (C=O) groups excluding carboxylic acids is 3. The summed E-state index contributed by atoms with van der Waals surface area (Å²) in [5.41, 5.74) is 3.36. The van der Waals surface area contributed by atoms with E-state index in [1.165, 1.54) is 0 Å². The normalized spacial score (nSPS) is 25.0. The molecule has 222 valence electrons. The van der Waals surface area contributed by atoms with Crippen LogP contribution in [0.4, 0.5) is 5.69 Å². The Morgan fingerprint density at radius 3 is 1.69 bits per heavy atom. The van der Waals surface area contributed by atoms with Gasteiger partial charge in [0.25, 0.3) is 0 Å². The van der Waals surface area contributed by atoms with Crippen molar-refractivity contribution in [1.82, 2.24) is 4.90 Å². The largest absolute Gasteiger partial charge is 0.457 e. The number of amides is 3. The van der Waals surface area contributed by atoms with E-state index in [0.29, 0.717) is 39.4 Å². The molecule has 8 heteroatoms. The minimum absolute atomic E-state index is 0.497. The smallest absolute Gasteiger partial charge is 0.247 e. The number of ether oxygens (including phenoxy) is 1. The molecule has 9 rings (SSSR count). The molecule has 1 aliphatic heterocycles. The van der Waals surface area contributed by atoms with Gasteiger partial charge in [-0.2, -0.15) is 0 Å². The Kier molecular flexibility index (Phi) is 6.15. The lowest BCUT2D eigenvalue weighted by atomic mass is 9.54. The van der Waals surface area contributed by atoms with E-state index in [-0.39, 0.29) is 0 Å². The Balaban J connectivity index is 1.05. The minimum atomic E-state index is -1.30. The molecule has 0 saturated carbocycles. The molecule has 0 radical (unpaired) electrons. The fourth-order valence-corrected chi connectivity index (χ4v) is 8.51. The SMILES string of the molecule is C[C@@H](C(=O)Nc1ccc(Oc2ccc3ccccc3c2)cc1)N1C(=O)[C@@H]2[C@H](C1=O)C1(Cl)c3ccccc3C2(Cl)c2ccccc21. The summed E-state index contributed by atoms with van der Waals surface area (Å²) in [7, 11) is 0. The van der Waals surface area contributed by atoms with Crippen LogP contribution in [0, 0.1) is 11.8 Å². The summed E-state index contributed by atoms with van der Waals surface area (Å²) in [4.78, 5) is 40.3. The molecule has 1 heterocycles. The van der Waals surface area contributed by atoms with Crippen molar-refractivity contribution in [3.05, 3.63) is 138 Å². The quantitative estimate of drug-likeness (QED) is 0.160. The number of nitrogens with zero attached hydrogens (tertiary/aromatic N) is 1. The summed E-state index contributed by atoms with van der Waals surface area (Å²) >= 11 is 15.0. The Bertz CT molecular complexity index is 1940. The first-order valence-corrected chi connectivity index (χ1v) is 15.5. The second-order valence-corrected chi connectivity index (χ2v) is 13.0. The third-order valence-corrected chi connectivity index (χ3v) is 10.7. The van der Waals surface area contributed by atoms with Crippen molar-refractivity contribution < 1.29 is 19.1 Å². The number of hydrogen-bond donors (Lipinski definition) is 1. The second kappa shape index (κ2) is 9.93. The van der Waals surface area contributed by atoms with Gasteiger partial charge in [0.05, 0.1) is 11.8 Å². The Labute approximate surface area is 269 Å². The second-order valence-electron chi connectivity index (χ2n) is 11.8. The van der Waals surface area contributed by atoms with Crippen LogP contribution in [-0.4, -0.2) is 28.7 Å². The monoisotopic (exact) mass is 632 g/mol. The predicted octanol–water partition coefficient (Wildman–Crippen LogP) is 7.55. The molecule has 3 amide bonds. The van der Waals surface area contributed by atoms with Crippen LogP contribution in [-0.2, 0) is 24.1 Å². The van der Waals surface area contributed by atoms with Gasteiger partial charge < -0.3 is 10.1 Å². The Morgan fingerprint density at radius 1 is 0.689 bits per heavy atom. The fraction of sp³-hybridized carbons (Fsp3) is 0.162. The number of rotatable bonds is 5. The number of imide groups is 1. The minimum Gasteiger partial charge on any atom is -0.457 e. The van der Waals surface area contributed by atoms with Crippen LogP contribution in [0.25, 0.3) is 10.8 Å². The Morgan fingerprint density at radius 2 is 1.16 bits per heavy atom. The number of anilines is 1. The average molecular weight is 634 g/mol. The molecule has 0 aromatic heterocycles. The number of hydrogen-bond acceptors (Lipinski definition) is 4.